The van der Waals surface area contributed by atoms with Gasteiger partial charge < -0.3 is 118 Å². The van der Waals surface area contributed by atoms with E-state index in [2.05, 4.69) is 5.32 Å². The van der Waals surface area contributed by atoms with Gasteiger partial charge >= 0.3 is 101 Å². The number of hydrogen-bond donors (Lipinski definition) is 5. The molecule has 45 heteroatoms. The van der Waals surface area contributed by atoms with Gasteiger partial charge in [0.15, 0.2) is 36.6 Å². The third-order valence-corrected chi connectivity index (χ3v) is 15.7. The zero-order chi connectivity index (χ0) is 93.4. The zero-order valence-corrected chi connectivity index (χ0v) is 72.2. The standard InChI is InChI=1S/C26H44N2O12.C25H35NO15.C21H32O13.C5H14N2/c1-6-17(29)37-21(23(39-19(31)8-3)25(33)28-14-12-10-11-13-27)22(38-18(30)7-2)24(40-20(32)9-4)26(34)36-16-15-35-5;1-6-16(29)37-20(22(39-18(31)8-3)24(33)36-13-12-35-5)21(38-17(30)7-2)23(40-19(32)9-4)25(34)41-26-14(27)10-11-15(26)28;1-6-12(22)31-16(18(20(26)27)33-14(24)8-3)17(32-13(23)7-2)19(34-15(25)9-4)21(28)30-11-10-29-5;6-4-2-1-3-5-7/h21-24H,6-16,27H2,1-5H3,(H,28,33);20-23H,6-13H2,1-5H3;16-19H,6-11H2,1-5H3,(H,26,27);1-7H2. The van der Waals surface area contributed by atoms with Crippen molar-refractivity contribution in [3.8, 4) is 0 Å². The molecule has 0 aromatic heterocycles. The summed E-state index contributed by atoms with van der Waals surface area (Å²) in [7, 11) is 4.03. The first-order valence-electron chi connectivity index (χ1n) is 40.0. The van der Waals surface area contributed by atoms with E-state index in [0.717, 1.165) is 32.4 Å². The molecular weight excluding hydrogens is 1630 g/mol. The molecule has 122 heavy (non-hydrogen) atoms. The maximum Gasteiger partial charge on any atom is 0.377 e. The molecule has 1 saturated heterocycles. The Morgan fingerprint density at radius 2 is 0.516 bits per heavy atom. The summed E-state index contributed by atoms with van der Waals surface area (Å²) < 4.78 is 92.5. The zero-order valence-electron chi connectivity index (χ0n) is 72.2. The molecule has 1 rings (SSSR count). The molecule has 0 aliphatic carbocycles. The van der Waals surface area contributed by atoms with E-state index in [-0.39, 0.29) is 141 Å². The van der Waals surface area contributed by atoms with Gasteiger partial charge in [-0.05, 0) is 45.3 Å². The highest BCUT2D eigenvalue weighted by molar-refractivity contribution is 6.02. The minimum absolute atomic E-state index is 0.00283. The maximum atomic E-state index is 13.3. The number of imide groups is 1. The van der Waals surface area contributed by atoms with Crippen LogP contribution in [0.5, 0.6) is 0 Å². The first kappa shape index (κ1) is 116. The number of hydroxylamine groups is 2. The molecule has 1 aliphatic heterocycles. The summed E-state index contributed by atoms with van der Waals surface area (Å²) >= 11 is 0. The van der Waals surface area contributed by atoms with Gasteiger partial charge in [0.25, 0.3) is 17.7 Å². The van der Waals surface area contributed by atoms with Crippen LogP contribution in [0.2, 0.25) is 0 Å². The predicted octanol–water partition coefficient (Wildman–Crippen LogP) is 1.40. The van der Waals surface area contributed by atoms with Crippen LogP contribution in [-0.2, 0) is 186 Å². The van der Waals surface area contributed by atoms with Gasteiger partial charge in [-0.15, -0.1) is 5.06 Å². The fourth-order valence-corrected chi connectivity index (χ4v) is 9.04. The van der Waals surface area contributed by atoms with Crippen LogP contribution in [-0.4, -0.2) is 290 Å². The number of carbonyl (C=O) groups excluding carboxylic acids is 19. The van der Waals surface area contributed by atoms with Crippen molar-refractivity contribution >= 4 is 119 Å². The number of unbranched alkanes of at least 4 members (excludes halogenated alkanes) is 4. The molecule has 1 fully saturated rings. The Balaban J connectivity index is -0.00000168. The van der Waals surface area contributed by atoms with E-state index in [0.29, 0.717) is 19.4 Å². The number of amides is 3. The smallest absolute Gasteiger partial charge is 0.377 e. The molecule has 3 amide bonds. The first-order valence-corrected chi connectivity index (χ1v) is 40.0. The average Bonchev–Trinajstić information content (AvgIpc) is 0.941. The molecule has 0 saturated carbocycles. The number of carboxylic acid groups (broad SMARTS) is 1. The van der Waals surface area contributed by atoms with Crippen LogP contribution in [0.4, 0.5) is 0 Å². The predicted molar refractivity (Wildman–Crippen MR) is 413 cm³/mol. The highest BCUT2D eigenvalue weighted by atomic mass is 16.7. The Bertz CT molecular complexity index is 3260. The number of methoxy groups -OCH3 is 3. The number of rotatable bonds is 58. The van der Waals surface area contributed by atoms with Crippen LogP contribution < -0.4 is 22.5 Å². The van der Waals surface area contributed by atoms with Crippen molar-refractivity contribution in [1.29, 1.82) is 0 Å². The Morgan fingerprint density at radius 3 is 0.754 bits per heavy atom. The van der Waals surface area contributed by atoms with Crippen molar-refractivity contribution < 1.29 is 191 Å². The van der Waals surface area contributed by atoms with Crippen molar-refractivity contribution in [3.05, 3.63) is 0 Å². The fraction of sp³-hybridized carbons (Fsp3) is 0.740. The molecule has 1 heterocycles. The van der Waals surface area contributed by atoms with Crippen molar-refractivity contribution in [2.75, 3.05) is 87.1 Å². The minimum atomic E-state index is -2.32. The Labute approximate surface area is 707 Å². The normalized spacial score (nSPS) is 14.2. The van der Waals surface area contributed by atoms with E-state index < -0.39 is 192 Å². The van der Waals surface area contributed by atoms with E-state index in [1.165, 1.54) is 111 Å². The average molecular weight is 1760 g/mol. The van der Waals surface area contributed by atoms with E-state index >= 15 is 0 Å². The summed E-state index contributed by atoms with van der Waals surface area (Å²) in [5.74, 6) is -21.0. The van der Waals surface area contributed by atoms with Crippen molar-refractivity contribution in [2.45, 2.75) is 285 Å². The van der Waals surface area contributed by atoms with Gasteiger partial charge in [0.2, 0.25) is 36.6 Å². The molecule has 12 unspecified atom stereocenters. The van der Waals surface area contributed by atoms with Gasteiger partial charge in [-0.1, -0.05) is 95.9 Å². The van der Waals surface area contributed by atoms with Crippen LogP contribution >= 0.6 is 0 Å². The quantitative estimate of drug-likeness (QED) is 0.0249. The number of nitrogens with one attached hydrogen (secondary N) is 1. The lowest BCUT2D eigenvalue weighted by Crippen LogP contribution is -2.58. The molecule has 8 N–H and O–H groups in total. The lowest BCUT2D eigenvalue weighted by Gasteiger charge is -2.34. The second kappa shape index (κ2) is 68.9. The lowest BCUT2D eigenvalue weighted by atomic mass is 10.0. The van der Waals surface area contributed by atoms with Crippen molar-refractivity contribution in [3.63, 3.8) is 0 Å². The highest BCUT2D eigenvalue weighted by Gasteiger charge is 2.55. The second-order valence-corrected chi connectivity index (χ2v) is 25.0. The highest BCUT2D eigenvalue weighted by Crippen LogP contribution is 2.28. The number of ether oxygens (including phenoxy) is 18. The molecule has 1 aliphatic rings. The number of carboxylic acids is 1. The van der Waals surface area contributed by atoms with Crippen LogP contribution in [0.1, 0.15) is 212 Å². The molecule has 0 radical (unpaired) electrons. The van der Waals surface area contributed by atoms with Crippen LogP contribution in [0.25, 0.3) is 0 Å². The largest absolute Gasteiger partial charge is 0.478 e. The van der Waals surface area contributed by atoms with Crippen molar-refractivity contribution in [2.24, 2.45) is 17.2 Å². The summed E-state index contributed by atoms with van der Waals surface area (Å²) in [5.41, 5.74) is 15.9. The summed E-state index contributed by atoms with van der Waals surface area (Å²) in [6.45, 7) is 18.2. The van der Waals surface area contributed by atoms with Gasteiger partial charge in [-0.3, -0.25) is 71.9 Å². The number of nitrogens with zero attached hydrogens (tertiary/aromatic N) is 1. The fourth-order valence-electron chi connectivity index (χ4n) is 9.04. The molecule has 0 bridgehead atoms. The first-order chi connectivity index (χ1) is 58.0. The van der Waals surface area contributed by atoms with Crippen LogP contribution in [0, 0.1) is 0 Å². The molecule has 45 nitrogen and oxygen atoms in total. The molecule has 0 spiro atoms. The summed E-state index contributed by atoms with van der Waals surface area (Å²) in [4.78, 5) is 254. The van der Waals surface area contributed by atoms with Crippen LogP contribution in [0.3, 0.4) is 0 Å². The molecular formula is C77H125N5O40. The van der Waals surface area contributed by atoms with Gasteiger partial charge in [0.1, 0.15) is 19.8 Å². The van der Waals surface area contributed by atoms with Gasteiger partial charge in [-0.2, -0.15) is 0 Å². The van der Waals surface area contributed by atoms with Gasteiger partial charge in [-0.25, -0.2) is 24.0 Å². The van der Waals surface area contributed by atoms with E-state index in [1.54, 1.807) is 0 Å². The van der Waals surface area contributed by atoms with Gasteiger partial charge in [0, 0.05) is 118 Å². The maximum absolute atomic E-state index is 13.3. The molecule has 12 atom stereocenters. The van der Waals surface area contributed by atoms with Gasteiger partial charge in [0.05, 0.1) is 19.8 Å². The summed E-state index contributed by atoms with van der Waals surface area (Å²) in [5, 5.41) is 12.4. The van der Waals surface area contributed by atoms with Crippen LogP contribution in [0.15, 0.2) is 0 Å². The Hall–Kier alpha value is -10.6. The molecule has 0 aromatic rings. The molecule has 698 valence electrons. The topological polar surface area (TPSA) is 630 Å². The monoisotopic (exact) mass is 1760 g/mol. The number of aliphatic carboxylic acids is 1. The third-order valence-electron chi connectivity index (χ3n) is 15.7. The lowest BCUT2D eigenvalue weighted by molar-refractivity contribution is -0.223. The number of hydrogen-bond acceptors (Lipinski definition) is 42. The SMILES string of the molecule is CCC(=O)OC(C(=O)NCCCCCN)C(OC(=O)CC)C(OC(=O)CC)C(OC(=O)CC)C(=O)OCCOC.CCC(=O)OC(C(=O)O)C(OC(=O)CC)C(OC(=O)CC)C(OC(=O)CC)C(=O)OCCOC.CCC(=O)OC(C(=O)OCCOC)C(OC(=O)CC)C(OC(=O)CC)C(OC(=O)CC)C(=O)ON1C(=O)CCC1=O.NCCCCCN. The number of carbonyl (C=O) groups is 20. The summed E-state index contributed by atoms with van der Waals surface area (Å²) in [6.07, 6.45) is -22.6. The van der Waals surface area contributed by atoms with E-state index in [1.807, 2.05) is 0 Å². The molecule has 0 aromatic carbocycles. The minimum Gasteiger partial charge on any atom is -0.478 e. The Morgan fingerprint density at radius 1 is 0.303 bits per heavy atom. The van der Waals surface area contributed by atoms with Crippen molar-refractivity contribution in [1.82, 2.24) is 10.4 Å². The van der Waals surface area contributed by atoms with E-state index in [9.17, 15) is 101 Å². The number of nitrogens with two attached hydrogens (primary N) is 3. The second-order valence-electron chi connectivity index (χ2n) is 25.0. The van der Waals surface area contributed by atoms with E-state index in [4.69, 9.17) is 107 Å². The third kappa shape index (κ3) is 47.5. The number of esters is 15. The Kier molecular flexibility index (Phi) is 65.3. The summed E-state index contributed by atoms with van der Waals surface area (Å²) in [6, 6.07) is 0.